The number of aromatic amines is 1. The topological polar surface area (TPSA) is 78.0 Å². The maximum absolute atomic E-state index is 12.1. The summed E-state index contributed by atoms with van der Waals surface area (Å²) < 4.78 is 0. The molecule has 0 bridgehead atoms. The molecule has 96 valence electrons. The second-order valence-electron chi connectivity index (χ2n) is 4.99. The van der Waals surface area contributed by atoms with E-state index in [2.05, 4.69) is 15.3 Å². The van der Waals surface area contributed by atoms with E-state index in [9.17, 15) is 9.90 Å². The number of hydrogen-bond acceptors (Lipinski definition) is 3. The molecule has 0 saturated carbocycles. The molecule has 1 atom stereocenters. The highest BCUT2D eigenvalue weighted by molar-refractivity contribution is 5.97. The zero-order valence-corrected chi connectivity index (χ0v) is 10.7. The highest BCUT2D eigenvalue weighted by Gasteiger charge is 2.26. The highest BCUT2D eigenvalue weighted by atomic mass is 16.3. The predicted octanol–water partition coefficient (Wildman–Crippen LogP) is 1.45. The van der Waals surface area contributed by atoms with Crippen molar-refractivity contribution in [2.75, 3.05) is 0 Å². The van der Waals surface area contributed by atoms with Crippen molar-refractivity contribution in [3.63, 3.8) is 0 Å². The monoisotopic (exact) mass is 247 g/mol. The fourth-order valence-electron chi connectivity index (χ4n) is 1.55. The van der Waals surface area contributed by atoms with Crippen LogP contribution in [0.25, 0.3) is 11.0 Å². The second-order valence-corrected chi connectivity index (χ2v) is 4.99. The Balaban J connectivity index is 2.23. The van der Waals surface area contributed by atoms with Crippen molar-refractivity contribution >= 4 is 16.9 Å². The van der Waals surface area contributed by atoms with Gasteiger partial charge in [0, 0.05) is 5.56 Å². The largest absolute Gasteiger partial charge is 0.391 e. The van der Waals surface area contributed by atoms with Gasteiger partial charge >= 0.3 is 0 Å². The zero-order valence-electron chi connectivity index (χ0n) is 10.7. The van der Waals surface area contributed by atoms with Gasteiger partial charge in [0.2, 0.25) is 0 Å². The van der Waals surface area contributed by atoms with Crippen LogP contribution in [0.1, 0.15) is 31.1 Å². The molecule has 0 spiro atoms. The predicted molar refractivity (Wildman–Crippen MR) is 69.3 cm³/mol. The Labute approximate surface area is 105 Å². The summed E-state index contributed by atoms with van der Waals surface area (Å²) in [5, 5.41) is 12.4. The molecule has 2 aromatic rings. The SMILES string of the molecule is CC(O)C(C)(C)NC(=O)c1ccc2nc[nH]c2c1. The van der Waals surface area contributed by atoms with E-state index in [-0.39, 0.29) is 5.91 Å². The van der Waals surface area contributed by atoms with Gasteiger partial charge in [-0.15, -0.1) is 0 Å². The number of imidazole rings is 1. The third-order valence-corrected chi connectivity index (χ3v) is 3.16. The van der Waals surface area contributed by atoms with Crippen molar-refractivity contribution in [3.05, 3.63) is 30.1 Å². The molecule has 0 radical (unpaired) electrons. The van der Waals surface area contributed by atoms with Crippen LogP contribution in [-0.2, 0) is 0 Å². The summed E-state index contributed by atoms with van der Waals surface area (Å²) in [6.07, 6.45) is 0.962. The van der Waals surface area contributed by atoms with Crippen molar-refractivity contribution in [2.24, 2.45) is 0 Å². The Kier molecular flexibility index (Phi) is 3.09. The number of fused-ring (bicyclic) bond motifs is 1. The van der Waals surface area contributed by atoms with Crippen LogP contribution >= 0.6 is 0 Å². The van der Waals surface area contributed by atoms with Gasteiger partial charge in [0.05, 0.1) is 29.0 Å². The van der Waals surface area contributed by atoms with E-state index < -0.39 is 11.6 Å². The first-order valence-corrected chi connectivity index (χ1v) is 5.84. The second kappa shape index (κ2) is 4.42. The number of aromatic nitrogens is 2. The summed E-state index contributed by atoms with van der Waals surface area (Å²) in [5.74, 6) is -0.211. The average Bonchev–Trinajstić information content (AvgIpc) is 2.74. The van der Waals surface area contributed by atoms with Gasteiger partial charge in [-0.3, -0.25) is 4.79 Å². The van der Waals surface area contributed by atoms with E-state index in [1.54, 1.807) is 45.3 Å². The van der Waals surface area contributed by atoms with Crippen LogP contribution in [0, 0.1) is 0 Å². The normalized spacial score (nSPS) is 13.6. The molecule has 3 N–H and O–H groups in total. The number of amides is 1. The number of H-pyrrole nitrogens is 1. The van der Waals surface area contributed by atoms with Gasteiger partial charge in [-0.2, -0.15) is 0 Å². The van der Waals surface area contributed by atoms with Crippen molar-refractivity contribution < 1.29 is 9.90 Å². The Morgan fingerprint density at radius 1 is 1.50 bits per heavy atom. The van der Waals surface area contributed by atoms with E-state index in [0.717, 1.165) is 11.0 Å². The smallest absolute Gasteiger partial charge is 0.251 e. The average molecular weight is 247 g/mol. The minimum absolute atomic E-state index is 0.211. The first-order chi connectivity index (χ1) is 8.40. The maximum atomic E-state index is 12.1. The molecule has 1 heterocycles. The van der Waals surface area contributed by atoms with E-state index in [4.69, 9.17) is 0 Å². The molecule has 5 heteroatoms. The standard InChI is InChI=1S/C13H17N3O2/c1-8(17)13(2,3)16-12(18)9-4-5-10-11(6-9)15-7-14-10/h4-8,17H,1-3H3,(H,14,15)(H,16,18). The molecule has 1 aromatic carbocycles. The molecule has 0 saturated heterocycles. The van der Waals surface area contributed by atoms with Crippen LogP contribution in [0.3, 0.4) is 0 Å². The third kappa shape index (κ3) is 2.36. The van der Waals surface area contributed by atoms with Crippen LogP contribution in [0.15, 0.2) is 24.5 Å². The molecule has 5 nitrogen and oxygen atoms in total. The summed E-state index contributed by atoms with van der Waals surface area (Å²) in [6, 6.07) is 5.25. The Bertz CT molecular complexity index is 572. The lowest BCUT2D eigenvalue weighted by Gasteiger charge is -2.29. The number of hydrogen-bond donors (Lipinski definition) is 3. The molecule has 1 unspecified atom stereocenters. The lowest BCUT2D eigenvalue weighted by molar-refractivity contribution is 0.0709. The van der Waals surface area contributed by atoms with Crippen LogP contribution in [0.2, 0.25) is 0 Å². The molecule has 0 aliphatic heterocycles. The number of carbonyl (C=O) groups excluding carboxylic acids is 1. The van der Waals surface area contributed by atoms with Crippen molar-refractivity contribution in [3.8, 4) is 0 Å². The van der Waals surface area contributed by atoms with Gasteiger partial charge in [-0.1, -0.05) is 0 Å². The van der Waals surface area contributed by atoms with Crippen LogP contribution < -0.4 is 5.32 Å². The summed E-state index contributed by atoms with van der Waals surface area (Å²) >= 11 is 0. The summed E-state index contributed by atoms with van der Waals surface area (Å²) in [7, 11) is 0. The quantitative estimate of drug-likeness (QED) is 0.768. The molecule has 0 aliphatic rings. The van der Waals surface area contributed by atoms with Crippen LogP contribution in [0.5, 0.6) is 0 Å². The minimum atomic E-state index is -0.667. The van der Waals surface area contributed by atoms with Crippen LogP contribution in [0.4, 0.5) is 0 Å². The Hall–Kier alpha value is -1.88. The van der Waals surface area contributed by atoms with E-state index in [1.165, 1.54) is 0 Å². The Morgan fingerprint density at radius 2 is 2.22 bits per heavy atom. The number of carbonyl (C=O) groups is 1. The summed E-state index contributed by atoms with van der Waals surface area (Å²) in [4.78, 5) is 19.1. The van der Waals surface area contributed by atoms with Gasteiger partial charge in [-0.05, 0) is 39.0 Å². The number of rotatable bonds is 3. The van der Waals surface area contributed by atoms with Gasteiger partial charge in [-0.25, -0.2) is 4.98 Å². The van der Waals surface area contributed by atoms with Crippen molar-refractivity contribution in [1.29, 1.82) is 0 Å². The van der Waals surface area contributed by atoms with E-state index in [1.807, 2.05) is 0 Å². The lowest BCUT2D eigenvalue weighted by atomic mass is 9.98. The van der Waals surface area contributed by atoms with E-state index in [0.29, 0.717) is 5.56 Å². The molecule has 1 amide bonds. The number of nitrogens with one attached hydrogen (secondary N) is 2. The first kappa shape index (κ1) is 12.6. The number of aliphatic hydroxyl groups is 1. The zero-order chi connectivity index (χ0) is 13.3. The number of aliphatic hydroxyl groups excluding tert-OH is 1. The minimum Gasteiger partial charge on any atom is -0.391 e. The highest BCUT2D eigenvalue weighted by Crippen LogP contribution is 2.14. The number of benzene rings is 1. The van der Waals surface area contributed by atoms with Gasteiger partial charge in [0.25, 0.3) is 5.91 Å². The van der Waals surface area contributed by atoms with Crippen LogP contribution in [-0.4, -0.2) is 32.6 Å². The molecule has 0 fully saturated rings. The maximum Gasteiger partial charge on any atom is 0.251 e. The molecule has 1 aromatic heterocycles. The van der Waals surface area contributed by atoms with Gasteiger partial charge in [0.1, 0.15) is 0 Å². The molecular weight excluding hydrogens is 230 g/mol. The first-order valence-electron chi connectivity index (χ1n) is 5.84. The lowest BCUT2D eigenvalue weighted by Crippen LogP contribution is -2.50. The molecule has 2 rings (SSSR count). The molecule has 0 aliphatic carbocycles. The van der Waals surface area contributed by atoms with E-state index >= 15 is 0 Å². The fourth-order valence-corrected chi connectivity index (χ4v) is 1.55. The Morgan fingerprint density at radius 3 is 2.89 bits per heavy atom. The molecular formula is C13H17N3O2. The van der Waals surface area contributed by atoms with Gasteiger partial charge in [0.15, 0.2) is 0 Å². The third-order valence-electron chi connectivity index (χ3n) is 3.16. The summed E-state index contributed by atoms with van der Waals surface area (Å²) in [6.45, 7) is 5.22. The summed E-state index contributed by atoms with van der Waals surface area (Å²) in [5.41, 5.74) is 1.51. The fraction of sp³-hybridized carbons (Fsp3) is 0.385. The van der Waals surface area contributed by atoms with Crippen molar-refractivity contribution in [2.45, 2.75) is 32.4 Å². The van der Waals surface area contributed by atoms with Gasteiger partial charge < -0.3 is 15.4 Å². The van der Waals surface area contributed by atoms with Crippen molar-refractivity contribution in [1.82, 2.24) is 15.3 Å². The molecule has 18 heavy (non-hydrogen) atoms. The number of nitrogens with zero attached hydrogens (tertiary/aromatic N) is 1.